The van der Waals surface area contributed by atoms with E-state index in [1.54, 1.807) is 36.8 Å². The molecule has 0 bridgehead atoms. The topological polar surface area (TPSA) is 137 Å². The maximum Gasteiger partial charge on any atom is 0.408 e. The van der Waals surface area contributed by atoms with Gasteiger partial charge in [0.05, 0.1) is 12.2 Å². The number of carbonyl (C=O) groups is 4. The minimum Gasteiger partial charge on any atom is -0.444 e. The number of carbonyl (C=O) groups excluding carboxylic acids is 4. The fourth-order valence-electron chi connectivity index (χ4n) is 6.01. The molecule has 2 saturated heterocycles. The highest BCUT2D eigenvalue weighted by Gasteiger charge is 2.38. The van der Waals surface area contributed by atoms with Gasteiger partial charge in [-0.25, -0.2) is 9.78 Å². The van der Waals surface area contributed by atoms with Crippen LogP contribution in [-0.4, -0.2) is 74.4 Å². The lowest BCUT2D eigenvalue weighted by Gasteiger charge is -2.31. The molecule has 4 rings (SSSR count). The first-order chi connectivity index (χ1) is 22.6. The van der Waals surface area contributed by atoms with Gasteiger partial charge in [-0.05, 0) is 81.9 Å². The SMILES string of the molecule is CC(C)[C@@H](C)C(=O)N1CCC[C@H]1C(=O)NCc1ccc(C#Cc2cnc([C@@H]3CCCN3C(=O)[C@H](NC(=O)OC(C)(C)C)C(C)C)[nH]2)cc1. The molecule has 2 fully saturated rings. The number of nitrogens with one attached hydrogen (secondary N) is 3. The third kappa shape index (κ3) is 9.39. The van der Waals surface area contributed by atoms with E-state index in [9.17, 15) is 19.2 Å². The highest BCUT2D eigenvalue weighted by Crippen LogP contribution is 2.31. The van der Waals surface area contributed by atoms with Crippen LogP contribution >= 0.6 is 0 Å². The van der Waals surface area contributed by atoms with E-state index in [0.717, 1.165) is 30.4 Å². The van der Waals surface area contributed by atoms with Crippen LogP contribution in [-0.2, 0) is 25.7 Å². The normalized spacial score (nSPS) is 19.1. The van der Waals surface area contributed by atoms with Crippen LogP contribution in [0.15, 0.2) is 30.5 Å². The Bertz CT molecular complexity index is 1510. The second-order valence-corrected chi connectivity index (χ2v) is 14.6. The van der Waals surface area contributed by atoms with Crippen molar-refractivity contribution in [3.8, 4) is 11.8 Å². The Morgan fingerprint density at radius 3 is 2.25 bits per heavy atom. The van der Waals surface area contributed by atoms with E-state index in [1.165, 1.54) is 0 Å². The zero-order valence-corrected chi connectivity index (χ0v) is 29.7. The third-order valence-corrected chi connectivity index (χ3v) is 9.04. The fourth-order valence-corrected chi connectivity index (χ4v) is 6.01. The first-order valence-electron chi connectivity index (χ1n) is 17.2. The predicted octanol–water partition coefficient (Wildman–Crippen LogP) is 4.92. The van der Waals surface area contributed by atoms with Crippen molar-refractivity contribution in [2.24, 2.45) is 17.8 Å². The summed E-state index contributed by atoms with van der Waals surface area (Å²) in [6, 6.07) is 6.30. The van der Waals surface area contributed by atoms with Gasteiger partial charge in [-0.2, -0.15) is 0 Å². The van der Waals surface area contributed by atoms with Crippen LogP contribution in [0.1, 0.15) is 110 Å². The maximum absolute atomic E-state index is 13.6. The molecule has 4 amide bonds. The minimum atomic E-state index is -0.717. The van der Waals surface area contributed by atoms with E-state index in [2.05, 4.69) is 32.4 Å². The molecular weight excluding hydrogens is 608 g/mol. The zero-order valence-electron chi connectivity index (χ0n) is 29.7. The first kappa shape index (κ1) is 36.5. The number of ether oxygens (including phenoxy) is 1. The van der Waals surface area contributed by atoms with Crippen molar-refractivity contribution in [2.75, 3.05) is 13.1 Å². The van der Waals surface area contributed by atoms with Gasteiger partial charge in [0, 0.05) is 31.1 Å². The number of likely N-dealkylation sites (tertiary alicyclic amines) is 2. The number of hydrogen-bond donors (Lipinski definition) is 3. The maximum atomic E-state index is 13.6. The molecule has 11 nitrogen and oxygen atoms in total. The van der Waals surface area contributed by atoms with Crippen LogP contribution in [0.25, 0.3) is 0 Å². The molecule has 2 aliphatic rings. The number of H-pyrrole nitrogens is 1. The van der Waals surface area contributed by atoms with Crippen LogP contribution < -0.4 is 10.6 Å². The monoisotopic (exact) mass is 660 g/mol. The number of hydrogen-bond acceptors (Lipinski definition) is 6. The van der Waals surface area contributed by atoms with Gasteiger partial charge in [-0.1, -0.05) is 52.7 Å². The fraction of sp³-hybridized carbons (Fsp3) is 0.595. The van der Waals surface area contributed by atoms with E-state index in [0.29, 0.717) is 37.6 Å². The molecule has 1 aromatic carbocycles. The molecule has 4 atom stereocenters. The molecular formula is C37H52N6O5. The minimum absolute atomic E-state index is 0.0522. The van der Waals surface area contributed by atoms with Gasteiger partial charge in [0.2, 0.25) is 17.7 Å². The lowest BCUT2D eigenvalue weighted by molar-refractivity contribution is -0.142. The number of aromatic nitrogens is 2. The summed E-state index contributed by atoms with van der Waals surface area (Å²) in [7, 11) is 0. The number of benzene rings is 1. The van der Waals surface area contributed by atoms with Gasteiger partial charge in [-0.3, -0.25) is 14.4 Å². The number of nitrogens with zero attached hydrogens (tertiary/aromatic N) is 3. The van der Waals surface area contributed by atoms with Crippen LogP contribution in [0.4, 0.5) is 4.79 Å². The second kappa shape index (κ2) is 15.7. The summed E-state index contributed by atoms with van der Waals surface area (Å²) in [5, 5.41) is 5.77. The molecule has 11 heteroatoms. The summed E-state index contributed by atoms with van der Waals surface area (Å²) < 4.78 is 5.40. The number of amides is 4. The molecule has 260 valence electrons. The average Bonchev–Trinajstić information content (AvgIpc) is 3.81. The second-order valence-electron chi connectivity index (χ2n) is 14.6. The van der Waals surface area contributed by atoms with E-state index in [4.69, 9.17) is 4.74 Å². The molecule has 1 aromatic heterocycles. The van der Waals surface area contributed by atoms with E-state index in [1.807, 2.05) is 58.9 Å². The number of alkyl carbamates (subject to hydrolysis) is 1. The summed E-state index contributed by atoms with van der Waals surface area (Å²) in [5.41, 5.74) is 1.72. The van der Waals surface area contributed by atoms with Gasteiger partial charge >= 0.3 is 6.09 Å². The molecule has 3 N–H and O–H groups in total. The molecule has 0 unspecified atom stereocenters. The quantitative estimate of drug-likeness (QED) is 0.327. The number of rotatable bonds is 9. The van der Waals surface area contributed by atoms with Gasteiger partial charge in [0.1, 0.15) is 29.2 Å². The smallest absolute Gasteiger partial charge is 0.408 e. The first-order valence-corrected chi connectivity index (χ1v) is 17.2. The standard InChI is InChI=1S/C37H52N6O5/c1-23(2)25(5)34(45)43-20-10-12-30(43)33(44)39-21-27-15-13-26(14-16-27)17-18-28-22-38-32(40-28)29-11-9-19-42(29)35(46)31(24(3)4)41-36(47)48-37(6,7)8/h13-16,22-25,29-31H,9-12,19-21H2,1-8H3,(H,38,40)(H,39,44)(H,41,47)/t25-,29+,30+,31-/m1/s1. The summed E-state index contributed by atoms with van der Waals surface area (Å²) >= 11 is 0. The molecule has 2 aromatic rings. The lowest BCUT2D eigenvalue weighted by Crippen LogP contribution is -2.52. The van der Waals surface area contributed by atoms with Crippen LogP contribution in [0.5, 0.6) is 0 Å². The van der Waals surface area contributed by atoms with Crippen molar-refractivity contribution in [2.45, 2.75) is 111 Å². The molecule has 0 aliphatic carbocycles. The van der Waals surface area contributed by atoms with Gasteiger partial charge < -0.3 is 30.2 Å². The highest BCUT2D eigenvalue weighted by atomic mass is 16.6. The van der Waals surface area contributed by atoms with Crippen molar-refractivity contribution in [3.63, 3.8) is 0 Å². The van der Waals surface area contributed by atoms with Crippen molar-refractivity contribution in [1.82, 2.24) is 30.4 Å². The molecule has 2 aliphatic heterocycles. The molecule has 3 heterocycles. The van der Waals surface area contributed by atoms with Crippen molar-refractivity contribution in [3.05, 3.63) is 53.1 Å². The van der Waals surface area contributed by atoms with E-state index < -0.39 is 23.8 Å². The molecule has 0 radical (unpaired) electrons. The van der Waals surface area contributed by atoms with Crippen molar-refractivity contribution < 1.29 is 23.9 Å². The molecule has 0 saturated carbocycles. The van der Waals surface area contributed by atoms with E-state index in [-0.39, 0.29) is 41.5 Å². The van der Waals surface area contributed by atoms with Gasteiger partial charge in [-0.15, -0.1) is 0 Å². The van der Waals surface area contributed by atoms with E-state index >= 15 is 0 Å². The van der Waals surface area contributed by atoms with Crippen molar-refractivity contribution >= 4 is 23.8 Å². The van der Waals surface area contributed by atoms with Crippen LogP contribution in [0.3, 0.4) is 0 Å². The lowest BCUT2D eigenvalue weighted by atomic mass is 9.96. The largest absolute Gasteiger partial charge is 0.444 e. The van der Waals surface area contributed by atoms with Gasteiger partial charge in [0.15, 0.2) is 0 Å². The number of aromatic amines is 1. The Labute approximate surface area is 285 Å². The Balaban J connectivity index is 1.33. The Morgan fingerprint density at radius 2 is 1.60 bits per heavy atom. The zero-order chi connectivity index (χ0) is 35.2. The Kier molecular flexibility index (Phi) is 11.9. The highest BCUT2D eigenvalue weighted by molar-refractivity contribution is 5.89. The predicted molar refractivity (Wildman–Crippen MR) is 183 cm³/mol. The summed E-state index contributed by atoms with van der Waals surface area (Å²) in [6.45, 7) is 16.7. The molecule has 48 heavy (non-hydrogen) atoms. The van der Waals surface area contributed by atoms with Crippen LogP contribution in [0, 0.1) is 29.6 Å². The van der Waals surface area contributed by atoms with Crippen LogP contribution in [0.2, 0.25) is 0 Å². The Hall–Kier alpha value is -4.33. The average molecular weight is 661 g/mol. The summed E-state index contributed by atoms with van der Waals surface area (Å²) in [6.07, 6.45) is 4.17. The van der Waals surface area contributed by atoms with Gasteiger partial charge in [0.25, 0.3) is 0 Å². The van der Waals surface area contributed by atoms with Crippen molar-refractivity contribution in [1.29, 1.82) is 0 Å². The molecule has 0 spiro atoms. The Morgan fingerprint density at radius 1 is 0.938 bits per heavy atom. The summed E-state index contributed by atoms with van der Waals surface area (Å²) in [5.74, 6) is 6.71. The third-order valence-electron chi connectivity index (χ3n) is 9.04. The number of imidazole rings is 1. The summed E-state index contributed by atoms with van der Waals surface area (Å²) in [4.78, 5) is 63.3.